The Morgan fingerprint density at radius 3 is 2.60 bits per heavy atom. The molecule has 0 saturated heterocycles. The first-order valence-electron chi connectivity index (χ1n) is 6.40. The standard InChI is InChI=1S/C16H14Cl2N2/c1-10-3-5-14(11(2)7-10)20-15-6-4-12(18)8-13(15)19-16(20)9-17/h3-8H,9H2,1-2H3. The predicted octanol–water partition coefficient (Wildman–Crippen LogP) is 5.03. The Morgan fingerprint density at radius 2 is 1.90 bits per heavy atom. The third-order valence-electron chi connectivity index (χ3n) is 3.40. The maximum atomic E-state index is 6.06. The Morgan fingerprint density at radius 1 is 1.10 bits per heavy atom. The van der Waals surface area contributed by atoms with Gasteiger partial charge in [0.15, 0.2) is 0 Å². The van der Waals surface area contributed by atoms with Crippen LogP contribution in [0.4, 0.5) is 0 Å². The minimum Gasteiger partial charge on any atom is -0.295 e. The van der Waals surface area contributed by atoms with Gasteiger partial charge in [0.25, 0.3) is 0 Å². The van der Waals surface area contributed by atoms with E-state index in [1.54, 1.807) is 0 Å². The van der Waals surface area contributed by atoms with Crippen molar-refractivity contribution in [3.8, 4) is 5.69 Å². The van der Waals surface area contributed by atoms with Gasteiger partial charge in [-0.15, -0.1) is 11.6 Å². The minimum atomic E-state index is 0.361. The summed E-state index contributed by atoms with van der Waals surface area (Å²) in [7, 11) is 0. The highest BCUT2D eigenvalue weighted by atomic mass is 35.5. The number of imidazole rings is 1. The van der Waals surface area contributed by atoms with Crippen molar-refractivity contribution in [3.05, 3.63) is 58.4 Å². The number of nitrogens with zero attached hydrogens (tertiary/aromatic N) is 2. The number of fused-ring (bicyclic) bond motifs is 1. The second-order valence-corrected chi connectivity index (χ2v) is 5.62. The van der Waals surface area contributed by atoms with Crippen LogP contribution in [0, 0.1) is 13.8 Å². The lowest BCUT2D eigenvalue weighted by atomic mass is 10.1. The molecule has 0 amide bonds. The molecule has 0 aliphatic heterocycles. The summed E-state index contributed by atoms with van der Waals surface area (Å²) in [6.07, 6.45) is 0. The minimum absolute atomic E-state index is 0.361. The van der Waals surface area contributed by atoms with Gasteiger partial charge < -0.3 is 0 Å². The number of aryl methyl sites for hydroxylation is 2. The molecular weight excluding hydrogens is 291 g/mol. The second-order valence-electron chi connectivity index (χ2n) is 4.92. The normalized spacial score (nSPS) is 11.2. The summed E-state index contributed by atoms with van der Waals surface area (Å²) >= 11 is 12.1. The quantitative estimate of drug-likeness (QED) is 0.607. The van der Waals surface area contributed by atoms with Crippen LogP contribution in [-0.4, -0.2) is 9.55 Å². The molecule has 3 aromatic rings. The van der Waals surface area contributed by atoms with Gasteiger partial charge in [0.1, 0.15) is 5.82 Å². The number of alkyl halides is 1. The zero-order valence-electron chi connectivity index (χ0n) is 11.3. The molecule has 0 aliphatic carbocycles. The molecule has 4 heteroatoms. The van der Waals surface area contributed by atoms with Crippen LogP contribution in [0.2, 0.25) is 5.02 Å². The van der Waals surface area contributed by atoms with Gasteiger partial charge in [-0.05, 0) is 43.7 Å². The Balaban J connectivity index is 2.34. The van der Waals surface area contributed by atoms with Crippen LogP contribution >= 0.6 is 23.2 Å². The van der Waals surface area contributed by atoms with E-state index in [1.165, 1.54) is 11.1 Å². The number of hydrogen-bond donors (Lipinski definition) is 0. The maximum Gasteiger partial charge on any atom is 0.129 e. The largest absolute Gasteiger partial charge is 0.295 e. The predicted molar refractivity (Wildman–Crippen MR) is 85.1 cm³/mol. The SMILES string of the molecule is Cc1ccc(-n2c(CCl)nc3cc(Cl)ccc32)c(C)c1. The van der Waals surface area contributed by atoms with Gasteiger partial charge in [-0.25, -0.2) is 4.98 Å². The van der Waals surface area contributed by atoms with Crippen molar-refractivity contribution in [1.29, 1.82) is 0 Å². The molecule has 0 N–H and O–H groups in total. The fourth-order valence-corrected chi connectivity index (χ4v) is 2.86. The van der Waals surface area contributed by atoms with Crippen molar-refractivity contribution in [2.24, 2.45) is 0 Å². The van der Waals surface area contributed by atoms with Crippen molar-refractivity contribution < 1.29 is 0 Å². The summed E-state index contributed by atoms with van der Waals surface area (Å²) in [5, 5.41) is 0.684. The number of halogens is 2. The van der Waals surface area contributed by atoms with Gasteiger partial charge in [-0.1, -0.05) is 29.3 Å². The van der Waals surface area contributed by atoms with Crippen LogP contribution in [0.3, 0.4) is 0 Å². The first-order chi connectivity index (χ1) is 9.60. The van der Waals surface area contributed by atoms with Crippen LogP contribution in [0.25, 0.3) is 16.7 Å². The fraction of sp³-hybridized carbons (Fsp3) is 0.188. The average Bonchev–Trinajstić information content (AvgIpc) is 2.76. The number of hydrogen-bond acceptors (Lipinski definition) is 1. The molecule has 0 radical (unpaired) electrons. The van der Waals surface area contributed by atoms with Crippen molar-refractivity contribution in [2.75, 3.05) is 0 Å². The molecule has 102 valence electrons. The maximum absolute atomic E-state index is 6.06. The first-order valence-corrected chi connectivity index (χ1v) is 7.32. The molecule has 2 aromatic carbocycles. The van der Waals surface area contributed by atoms with E-state index in [2.05, 4.69) is 41.6 Å². The molecule has 0 atom stereocenters. The van der Waals surface area contributed by atoms with E-state index in [9.17, 15) is 0 Å². The molecule has 0 fully saturated rings. The average molecular weight is 305 g/mol. The molecule has 20 heavy (non-hydrogen) atoms. The number of benzene rings is 2. The Labute approximate surface area is 128 Å². The van der Waals surface area contributed by atoms with E-state index in [1.807, 2.05) is 18.2 Å². The molecule has 1 heterocycles. The highest BCUT2D eigenvalue weighted by Gasteiger charge is 2.13. The van der Waals surface area contributed by atoms with Crippen LogP contribution in [0.5, 0.6) is 0 Å². The first kappa shape index (κ1) is 13.5. The van der Waals surface area contributed by atoms with Gasteiger partial charge in [-0.3, -0.25) is 4.57 Å². The van der Waals surface area contributed by atoms with E-state index in [4.69, 9.17) is 23.2 Å². The smallest absolute Gasteiger partial charge is 0.129 e. The fourth-order valence-electron chi connectivity index (χ4n) is 2.52. The van der Waals surface area contributed by atoms with E-state index in [0.717, 1.165) is 22.5 Å². The van der Waals surface area contributed by atoms with Crippen molar-refractivity contribution in [3.63, 3.8) is 0 Å². The summed E-state index contributed by atoms with van der Waals surface area (Å²) < 4.78 is 2.10. The van der Waals surface area contributed by atoms with E-state index in [0.29, 0.717) is 10.9 Å². The van der Waals surface area contributed by atoms with E-state index >= 15 is 0 Å². The summed E-state index contributed by atoms with van der Waals surface area (Å²) in [4.78, 5) is 4.58. The van der Waals surface area contributed by atoms with Gasteiger partial charge in [0, 0.05) is 5.02 Å². The van der Waals surface area contributed by atoms with E-state index < -0.39 is 0 Å². The molecule has 0 bridgehead atoms. The third kappa shape index (κ3) is 2.19. The van der Waals surface area contributed by atoms with Crippen LogP contribution in [0.1, 0.15) is 17.0 Å². The van der Waals surface area contributed by atoms with Crippen molar-refractivity contribution >= 4 is 34.2 Å². The lowest BCUT2D eigenvalue weighted by molar-refractivity contribution is 0.971. The van der Waals surface area contributed by atoms with E-state index in [-0.39, 0.29) is 0 Å². The van der Waals surface area contributed by atoms with Gasteiger partial charge in [-0.2, -0.15) is 0 Å². The van der Waals surface area contributed by atoms with Crippen molar-refractivity contribution in [2.45, 2.75) is 19.7 Å². The van der Waals surface area contributed by atoms with Crippen LogP contribution < -0.4 is 0 Å². The Kier molecular flexibility index (Phi) is 3.45. The lowest BCUT2D eigenvalue weighted by Gasteiger charge is -2.11. The summed E-state index contributed by atoms with van der Waals surface area (Å²) in [6.45, 7) is 4.19. The monoisotopic (exact) mass is 304 g/mol. The topological polar surface area (TPSA) is 17.8 Å². The molecule has 2 nitrogen and oxygen atoms in total. The second kappa shape index (κ2) is 5.12. The highest BCUT2D eigenvalue weighted by Crippen LogP contribution is 2.27. The molecule has 0 saturated carbocycles. The van der Waals surface area contributed by atoms with Gasteiger partial charge in [0.05, 0.1) is 22.6 Å². The number of rotatable bonds is 2. The van der Waals surface area contributed by atoms with Crippen molar-refractivity contribution in [1.82, 2.24) is 9.55 Å². The Hall–Kier alpha value is -1.51. The zero-order chi connectivity index (χ0) is 14.3. The number of aromatic nitrogens is 2. The third-order valence-corrected chi connectivity index (χ3v) is 3.87. The van der Waals surface area contributed by atoms with Crippen LogP contribution in [0.15, 0.2) is 36.4 Å². The molecule has 0 spiro atoms. The summed E-state index contributed by atoms with van der Waals surface area (Å²) in [6, 6.07) is 12.1. The Bertz CT molecular complexity index is 791. The lowest BCUT2D eigenvalue weighted by Crippen LogP contribution is -2.01. The van der Waals surface area contributed by atoms with Gasteiger partial charge in [0.2, 0.25) is 0 Å². The highest BCUT2D eigenvalue weighted by molar-refractivity contribution is 6.31. The van der Waals surface area contributed by atoms with Crippen LogP contribution in [-0.2, 0) is 5.88 Å². The van der Waals surface area contributed by atoms with Gasteiger partial charge >= 0.3 is 0 Å². The summed E-state index contributed by atoms with van der Waals surface area (Å²) in [5.74, 6) is 1.19. The zero-order valence-corrected chi connectivity index (χ0v) is 12.8. The molecule has 0 unspecified atom stereocenters. The summed E-state index contributed by atoms with van der Waals surface area (Å²) in [5.41, 5.74) is 5.44. The molecule has 1 aromatic heterocycles. The molecule has 0 aliphatic rings. The molecular formula is C16H14Cl2N2. The molecule has 3 rings (SSSR count).